The molecular weight excluding hydrogens is 446 g/mol. The summed E-state index contributed by atoms with van der Waals surface area (Å²) in [5.74, 6) is -6.39. The molecule has 0 fully saturated rings. The monoisotopic (exact) mass is 469 g/mol. The molecule has 1 aromatic heterocycles. The third-order valence-corrected chi connectivity index (χ3v) is 5.23. The Morgan fingerprint density at radius 2 is 1.73 bits per heavy atom. The van der Waals surface area contributed by atoms with Gasteiger partial charge in [-0.15, -0.1) is 0 Å². The van der Waals surface area contributed by atoms with Gasteiger partial charge >= 0.3 is 35.5 Å². The Morgan fingerprint density at radius 1 is 1.12 bits per heavy atom. The van der Waals surface area contributed by atoms with Gasteiger partial charge in [-0.3, -0.25) is 0 Å². The Labute approximate surface area is 211 Å². The van der Waals surface area contributed by atoms with Crippen molar-refractivity contribution in [1.82, 2.24) is 4.57 Å². The number of alkyl halides is 2. The van der Waals surface area contributed by atoms with Gasteiger partial charge in [0.15, 0.2) is 0 Å². The van der Waals surface area contributed by atoms with Crippen molar-refractivity contribution in [1.29, 1.82) is 0 Å². The molecule has 0 spiro atoms. The van der Waals surface area contributed by atoms with Gasteiger partial charge in [0, 0.05) is 40.6 Å². The van der Waals surface area contributed by atoms with Gasteiger partial charge in [-0.1, -0.05) is 30.3 Å². The van der Waals surface area contributed by atoms with Crippen molar-refractivity contribution >= 4 is 22.9 Å². The number of carbonyl (C=O) groups excluding carboxylic acids is 1. The summed E-state index contributed by atoms with van der Waals surface area (Å²) in [6.45, 7) is 3.82. The number of hydrogen-bond acceptors (Lipinski definition) is 4. The van der Waals surface area contributed by atoms with Crippen LogP contribution in [0.1, 0.15) is 32.0 Å². The molecule has 3 rings (SSSR count). The van der Waals surface area contributed by atoms with Crippen LogP contribution < -0.4 is 34.7 Å². The number of aliphatic hydroxyl groups is 2. The molecule has 0 aliphatic rings. The molecule has 0 saturated heterocycles. The zero-order valence-electron chi connectivity index (χ0n) is 18.5. The fraction of sp³-hybridized carbons (Fsp3) is 0.292. The van der Waals surface area contributed by atoms with Crippen molar-refractivity contribution in [2.75, 3.05) is 0 Å². The molecule has 0 saturated carbocycles. The third kappa shape index (κ3) is 5.70. The van der Waals surface area contributed by atoms with Gasteiger partial charge in [0.1, 0.15) is 18.0 Å². The Morgan fingerprint density at radius 3 is 2.30 bits per heavy atom. The van der Waals surface area contributed by atoms with Crippen LogP contribution in [0.15, 0.2) is 54.6 Å². The number of fused-ring (bicyclic) bond motifs is 1. The maximum atomic E-state index is 14.3. The fourth-order valence-corrected chi connectivity index (χ4v) is 3.72. The van der Waals surface area contributed by atoms with E-state index in [1.165, 1.54) is 18.2 Å². The molecule has 1 heterocycles. The molecule has 2 N–H and O–H groups in total. The molecule has 33 heavy (non-hydrogen) atoms. The normalized spacial score (nSPS) is 13.9. The standard InChI is InChI=1S/C24H24F3NO4.Na/c1-14(2)28-18-6-4-3-5-17(18)23(15-7-9-16(25)10-8-15)19(28)11-12-20(29)24(26,27)21(30)13-22(31)32;/h3-12,14,20-21,29-30H,13H2,1-2H3,(H,31,32);/q;+1/p-1/b12-11+;. The van der Waals surface area contributed by atoms with Gasteiger partial charge in [0.2, 0.25) is 0 Å². The molecule has 9 heteroatoms. The van der Waals surface area contributed by atoms with E-state index in [1.807, 2.05) is 42.7 Å². The number of carboxylic acids is 1. The van der Waals surface area contributed by atoms with Crippen LogP contribution in [0.5, 0.6) is 0 Å². The van der Waals surface area contributed by atoms with Gasteiger partial charge < -0.3 is 24.7 Å². The van der Waals surface area contributed by atoms with Crippen molar-refractivity contribution < 1.29 is 62.8 Å². The van der Waals surface area contributed by atoms with E-state index in [1.54, 1.807) is 12.1 Å². The van der Waals surface area contributed by atoms with E-state index in [0.717, 1.165) is 17.0 Å². The molecule has 5 nitrogen and oxygen atoms in total. The maximum Gasteiger partial charge on any atom is 1.00 e. The average Bonchev–Trinajstić information content (AvgIpc) is 3.06. The average molecular weight is 469 g/mol. The van der Waals surface area contributed by atoms with Crippen molar-refractivity contribution in [2.45, 2.75) is 44.4 Å². The summed E-state index contributed by atoms with van der Waals surface area (Å²) in [6, 6.07) is 13.0. The minimum atomic E-state index is -4.11. The van der Waals surface area contributed by atoms with Crippen LogP contribution in [0.25, 0.3) is 28.1 Å². The van der Waals surface area contributed by atoms with Crippen LogP contribution in [0.4, 0.5) is 13.2 Å². The Hall–Kier alpha value is -2.10. The van der Waals surface area contributed by atoms with E-state index in [0.29, 0.717) is 16.8 Å². The van der Waals surface area contributed by atoms with Gasteiger partial charge in [0.05, 0.1) is 0 Å². The molecule has 3 aromatic rings. The predicted molar refractivity (Wildman–Crippen MR) is 113 cm³/mol. The first kappa shape index (κ1) is 27.1. The summed E-state index contributed by atoms with van der Waals surface area (Å²) in [6.07, 6.45) is -4.25. The number of aromatic nitrogens is 1. The maximum absolute atomic E-state index is 14.3. The van der Waals surface area contributed by atoms with Gasteiger partial charge in [-0.05, 0) is 49.8 Å². The molecule has 0 radical (unpaired) electrons. The summed E-state index contributed by atoms with van der Waals surface area (Å²) >= 11 is 0. The molecule has 2 unspecified atom stereocenters. The topological polar surface area (TPSA) is 85.5 Å². The number of benzene rings is 2. The van der Waals surface area contributed by atoms with Crippen molar-refractivity contribution in [3.8, 4) is 11.1 Å². The number of rotatable bonds is 8. The first-order chi connectivity index (χ1) is 15.0. The Bertz CT molecular complexity index is 1140. The van der Waals surface area contributed by atoms with Crippen molar-refractivity contribution in [2.24, 2.45) is 0 Å². The summed E-state index contributed by atoms with van der Waals surface area (Å²) in [5, 5.41) is 31.0. The smallest absolute Gasteiger partial charge is 0.550 e. The summed E-state index contributed by atoms with van der Waals surface area (Å²) in [4.78, 5) is 10.6. The molecule has 0 aliphatic carbocycles. The second-order valence-electron chi connectivity index (χ2n) is 7.82. The molecule has 0 bridgehead atoms. The first-order valence-electron chi connectivity index (χ1n) is 10.0. The van der Waals surface area contributed by atoms with Gasteiger partial charge in [-0.25, -0.2) is 13.2 Å². The van der Waals surface area contributed by atoms with E-state index < -0.39 is 36.3 Å². The van der Waals surface area contributed by atoms with Gasteiger partial charge in [-0.2, -0.15) is 0 Å². The van der Waals surface area contributed by atoms with Gasteiger partial charge in [0.25, 0.3) is 0 Å². The SMILES string of the molecule is CC(C)n1c(/C=C/C(O)C(F)(F)C(O)CC(=O)[O-])c(-c2ccc(F)cc2)c2ccccc21.[Na+]. The number of aliphatic carboxylic acids is 1. The summed E-state index contributed by atoms with van der Waals surface area (Å²) in [7, 11) is 0. The van der Waals surface area contributed by atoms with E-state index in [4.69, 9.17) is 0 Å². The zero-order chi connectivity index (χ0) is 23.6. The number of hydrogen-bond donors (Lipinski definition) is 2. The fourth-order valence-electron chi connectivity index (χ4n) is 3.72. The number of halogens is 3. The van der Waals surface area contributed by atoms with E-state index in [2.05, 4.69) is 0 Å². The number of carbonyl (C=O) groups is 1. The largest absolute Gasteiger partial charge is 1.00 e. The Kier molecular flexibility index (Phi) is 8.95. The van der Waals surface area contributed by atoms with E-state index in [-0.39, 0.29) is 35.6 Å². The summed E-state index contributed by atoms with van der Waals surface area (Å²) in [5.41, 5.74) is 2.63. The first-order valence-corrected chi connectivity index (χ1v) is 10.0. The van der Waals surface area contributed by atoms with Crippen LogP contribution in [-0.4, -0.2) is 38.9 Å². The van der Waals surface area contributed by atoms with E-state index >= 15 is 0 Å². The predicted octanol–water partition coefficient (Wildman–Crippen LogP) is 0.543. The van der Waals surface area contributed by atoms with Crippen LogP contribution in [-0.2, 0) is 4.79 Å². The molecular formula is C24H23F3NNaO4. The zero-order valence-corrected chi connectivity index (χ0v) is 20.5. The third-order valence-electron chi connectivity index (χ3n) is 5.23. The molecule has 0 aliphatic heterocycles. The quantitative estimate of drug-likeness (QED) is 0.472. The summed E-state index contributed by atoms with van der Waals surface area (Å²) < 4.78 is 44.0. The van der Waals surface area contributed by atoms with Crippen molar-refractivity contribution in [3.63, 3.8) is 0 Å². The van der Waals surface area contributed by atoms with Crippen LogP contribution in [0, 0.1) is 5.82 Å². The second kappa shape index (κ2) is 10.9. The second-order valence-corrected chi connectivity index (χ2v) is 7.82. The molecule has 0 amide bonds. The molecule has 170 valence electrons. The van der Waals surface area contributed by atoms with Crippen LogP contribution in [0.2, 0.25) is 0 Å². The van der Waals surface area contributed by atoms with Crippen LogP contribution >= 0.6 is 0 Å². The van der Waals surface area contributed by atoms with E-state index in [9.17, 15) is 33.3 Å². The van der Waals surface area contributed by atoms with Crippen LogP contribution in [0.3, 0.4) is 0 Å². The minimum absolute atomic E-state index is 0. The van der Waals surface area contributed by atoms with Crippen molar-refractivity contribution in [3.05, 3.63) is 66.1 Å². The number of carboxylic acid groups (broad SMARTS) is 1. The number of para-hydroxylation sites is 1. The Balaban J connectivity index is 0.00000385. The molecule has 2 atom stereocenters. The minimum Gasteiger partial charge on any atom is -0.550 e. The molecule has 2 aromatic carbocycles. The number of nitrogens with zero attached hydrogens (tertiary/aromatic N) is 1. The number of aliphatic hydroxyl groups excluding tert-OH is 2.